The van der Waals surface area contributed by atoms with Gasteiger partial charge < -0.3 is 15.3 Å². The van der Waals surface area contributed by atoms with Crippen LogP contribution in [0.2, 0.25) is 0 Å². The van der Waals surface area contributed by atoms with Crippen LogP contribution in [0.4, 0.5) is 4.79 Å². The Bertz CT molecular complexity index is 176. The summed E-state index contributed by atoms with van der Waals surface area (Å²) < 4.78 is 0. The molecule has 4 nitrogen and oxygen atoms in total. The summed E-state index contributed by atoms with van der Waals surface area (Å²) in [5.41, 5.74) is -0.507. The van der Waals surface area contributed by atoms with E-state index >= 15 is 0 Å². The molecular formula is C8H16N2O2. The number of hydrogen-bond donors (Lipinski definition) is 2. The van der Waals surface area contributed by atoms with Gasteiger partial charge in [0.05, 0.1) is 12.1 Å². The minimum Gasteiger partial charge on any atom is -0.394 e. The molecule has 0 bridgehead atoms. The van der Waals surface area contributed by atoms with Gasteiger partial charge in [-0.2, -0.15) is 0 Å². The van der Waals surface area contributed by atoms with Crippen molar-refractivity contribution in [2.75, 3.05) is 19.7 Å². The number of rotatable bonds is 2. The van der Waals surface area contributed by atoms with E-state index in [1.165, 1.54) is 0 Å². The second kappa shape index (κ2) is 3.31. The first-order valence-electron chi connectivity index (χ1n) is 4.23. The highest BCUT2D eigenvalue weighted by atomic mass is 16.3. The molecule has 1 rings (SSSR count). The molecule has 1 aliphatic heterocycles. The molecule has 1 heterocycles. The summed E-state index contributed by atoms with van der Waals surface area (Å²) in [5, 5.41) is 11.6. The number of urea groups is 1. The molecule has 70 valence electrons. The zero-order chi connectivity index (χ0) is 9.19. The Morgan fingerprint density at radius 1 is 1.58 bits per heavy atom. The highest BCUT2D eigenvalue weighted by molar-refractivity contribution is 5.75. The minimum atomic E-state index is -0.507. The predicted molar refractivity (Wildman–Crippen MR) is 45.9 cm³/mol. The number of carbonyl (C=O) groups excluding carboxylic acids is 1. The first-order valence-corrected chi connectivity index (χ1v) is 4.23. The molecule has 0 saturated carbocycles. The molecular weight excluding hydrogens is 156 g/mol. The molecule has 12 heavy (non-hydrogen) atoms. The van der Waals surface area contributed by atoms with Crippen molar-refractivity contribution in [1.29, 1.82) is 0 Å². The number of likely N-dealkylation sites (tertiary alicyclic amines) is 1. The van der Waals surface area contributed by atoms with Gasteiger partial charge >= 0.3 is 6.03 Å². The topological polar surface area (TPSA) is 52.6 Å². The van der Waals surface area contributed by atoms with E-state index in [-0.39, 0.29) is 12.6 Å². The third-order valence-electron chi connectivity index (χ3n) is 1.98. The van der Waals surface area contributed by atoms with Gasteiger partial charge in [0.1, 0.15) is 0 Å². The lowest BCUT2D eigenvalue weighted by Crippen LogP contribution is -2.55. The van der Waals surface area contributed by atoms with Gasteiger partial charge in [0.2, 0.25) is 0 Å². The molecule has 0 radical (unpaired) electrons. The number of nitrogens with one attached hydrogen (secondary N) is 1. The maximum Gasteiger partial charge on any atom is 0.317 e. The maximum absolute atomic E-state index is 11.3. The first-order chi connectivity index (χ1) is 5.55. The second-order valence-electron chi connectivity index (χ2n) is 3.81. The molecule has 0 atom stereocenters. The van der Waals surface area contributed by atoms with Crippen molar-refractivity contribution in [3.05, 3.63) is 0 Å². The van der Waals surface area contributed by atoms with Crippen molar-refractivity contribution in [3.8, 4) is 0 Å². The van der Waals surface area contributed by atoms with Crippen molar-refractivity contribution in [3.63, 3.8) is 0 Å². The lowest BCUT2D eigenvalue weighted by Gasteiger charge is -2.34. The number of aliphatic hydroxyl groups is 1. The van der Waals surface area contributed by atoms with Crippen LogP contribution in [-0.2, 0) is 0 Å². The summed E-state index contributed by atoms with van der Waals surface area (Å²) in [6, 6.07) is -0.0692. The first kappa shape index (κ1) is 9.32. The number of amides is 2. The van der Waals surface area contributed by atoms with Crippen molar-refractivity contribution < 1.29 is 9.90 Å². The summed E-state index contributed by atoms with van der Waals surface area (Å²) in [6.07, 6.45) is 1.09. The summed E-state index contributed by atoms with van der Waals surface area (Å²) in [6.45, 7) is 5.24. The summed E-state index contributed by atoms with van der Waals surface area (Å²) in [7, 11) is 0. The molecule has 2 N–H and O–H groups in total. The quantitative estimate of drug-likeness (QED) is 0.624. The fourth-order valence-electron chi connectivity index (χ4n) is 0.927. The van der Waals surface area contributed by atoms with Crippen LogP contribution in [0, 0.1) is 0 Å². The van der Waals surface area contributed by atoms with Gasteiger partial charge in [-0.15, -0.1) is 0 Å². The summed E-state index contributed by atoms with van der Waals surface area (Å²) >= 11 is 0. The molecule has 0 spiro atoms. The zero-order valence-corrected chi connectivity index (χ0v) is 7.63. The Kier molecular flexibility index (Phi) is 2.57. The van der Waals surface area contributed by atoms with Crippen LogP contribution in [-0.4, -0.2) is 41.3 Å². The number of nitrogens with zero attached hydrogens (tertiary/aromatic N) is 1. The Balaban J connectivity index is 2.34. The van der Waals surface area contributed by atoms with E-state index in [0.29, 0.717) is 0 Å². The molecule has 0 aliphatic carbocycles. The highest BCUT2D eigenvalue weighted by Crippen LogP contribution is 2.08. The molecule has 0 aromatic heterocycles. The molecule has 0 aromatic rings. The van der Waals surface area contributed by atoms with Crippen molar-refractivity contribution in [1.82, 2.24) is 10.2 Å². The monoisotopic (exact) mass is 172 g/mol. The molecule has 0 aromatic carbocycles. The lowest BCUT2D eigenvalue weighted by molar-refractivity contribution is 0.140. The molecule has 1 fully saturated rings. The van der Waals surface area contributed by atoms with Gasteiger partial charge in [-0.1, -0.05) is 0 Å². The standard InChI is InChI=1S/C8H16N2O2/c1-8(2,6-11)9-7(12)10-4-3-5-10/h11H,3-6H2,1-2H3,(H,9,12). The van der Waals surface area contributed by atoms with Gasteiger partial charge in [0, 0.05) is 13.1 Å². The Morgan fingerprint density at radius 3 is 2.50 bits per heavy atom. The average Bonchev–Trinajstić information content (AvgIpc) is 1.82. The summed E-state index contributed by atoms with van der Waals surface area (Å²) in [4.78, 5) is 13.0. The van der Waals surface area contributed by atoms with Crippen LogP contribution >= 0.6 is 0 Å². The number of hydrogen-bond acceptors (Lipinski definition) is 2. The third kappa shape index (κ3) is 2.11. The molecule has 1 aliphatic rings. The largest absolute Gasteiger partial charge is 0.394 e. The third-order valence-corrected chi connectivity index (χ3v) is 1.98. The van der Waals surface area contributed by atoms with E-state index in [4.69, 9.17) is 5.11 Å². The average molecular weight is 172 g/mol. The van der Waals surface area contributed by atoms with Gasteiger partial charge in [0.25, 0.3) is 0 Å². The van der Waals surface area contributed by atoms with Crippen LogP contribution < -0.4 is 5.32 Å². The summed E-state index contributed by atoms with van der Waals surface area (Å²) in [5.74, 6) is 0. The Morgan fingerprint density at radius 2 is 2.17 bits per heavy atom. The van der Waals surface area contributed by atoms with Gasteiger partial charge in [0.15, 0.2) is 0 Å². The molecule has 0 unspecified atom stereocenters. The van der Waals surface area contributed by atoms with Crippen LogP contribution in [0.5, 0.6) is 0 Å². The van der Waals surface area contributed by atoms with Crippen LogP contribution in [0.15, 0.2) is 0 Å². The normalized spacial score (nSPS) is 17.1. The van der Waals surface area contributed by atoms with Crippen molar-refractivity contribution in [2.45, 2.75) is 25.8 Å². The van der Waals surface area contributed by atoms with Crippen molar-refractivity contribution in [2.24, 2.45) is 0 Å². The van der Waals surface area contributed by atoms with Gasteiger partial charge in [-0.3, -0.25) is 0 Å². The smallest absolute Gasteiger partial charge is 0.317 e. The minimum absolute atomic E-state index is 0.0351. The molecule has 2 amide bonds. The predicted octanol–water partition coefficient (Wildman–Crippen LogP) is 0.173. The SMILES string of the molecule is CC(C)(CO)NC(=O)N1CCC1. The van der Waals surface area contributed by atoms with Gasteiger partial charge in [-0.05, 0) is 20.3 Å². The van der Waals surface area contributed by atoms with E-state index in [0.717, 1.165) is 19.5 Å². The lowest BCUT2D eigenvalue weighted by atomic mass is 10.1. The second-order valence-corrected chi connectivity index (χ2v) is 3.81. The van der Waals surface area contributed by atoms with Gasteiger partial charge in [-0.25, -0.2) is 4.79 Å². The van der Waals surface area contributed by atoms with E-state index < -0.39 is 5.54 Å². The van der Waals surface area contributed by atoms with E-state index in [2.05, 4.69) is 5.32 Å². The fourth-order valence-corrected chi connectivity index (χ4v) is 0.927. The number of carbonyl (C=O) groups is 1. The maximum atomic E-state index is 11.3. The van der Waals surface area contributed by atoms with E-state index in [1.807, 2.05) is 0 Å². The Labute approximate surface area is 72.6 Å². The van der Waals surface area contributed by atoms with Crippen LogP contribution in [0.3, 0.4) is 0 Å². The molecule has 4 heteroatoms. The van der Waals surface area contributed by atoms with E-state index in [9.17, 15) is 4.79 Å². The van der Waals surface area contributed by atoms with Crippen molar-refractivity contribution >= 4 is 6.03 Å². The highest BCUT2D eigenvalue weighted by Gasteiger charge is 2.25. The fraction of sp³-hybridized carbons (Fsp3) is 0.875. The zero-order valence-electron chi connectivity index (χ0n) is 7.63. The van der Waals surface area contributed by atoms with Crippen LogP contribution in [0.1, 0.15) is 20.3 Å². The number of aliphatic hydroxyl groups excluding tert-OH is 1. The molecule has 1 saturated heterocycles. The Hall–Kier alpha value is -0.770. The van der Waals surface area contributed by atoms with Crippen LogP contribution in [0.25, 0.3) is 0 Å². The van der Waals surface area contributed by atoms with E-state index in [1.54, 1.807) is 18.7 Å².